The molecule has 58 valence electrons. The summed E-state index contributed by atoms with van der Waals surface area (Å²) in [6, 6.07) is -1.36. The molecule has 1 heterocycles. The van der Waals surface area contributed by atoms with Crippen molar-refractivity contribution in [3.63, 3.8) is 0 Å². The van der Waals surface area contributed by atoms with E-state index < -0.39 is 18.5 Å². The molecule has 1 atom stereocenters. The Bertz CT molecular complexity index is 161. The number of hydrogen-bond acceptors (Lipinski definition) is 2. The number of halogens is 4. The number of rotatable bonds is 0. The fourth-order valence-corrected chi connectivity index (χ4v) is 0.417. The van der Waals surface area contributed by atoms with E-state index in [0.717, 1.165) is 0 Å². The van der Waals surface area contributed by atoms with Crippen LogP contribution in [-0.4, -0.2) is 12.5 Å². The molecule has 1 rings (SSSR count). The van der Waals surface area contributed by atoms with Crippen LogP contribution in [0.15, 0.2) is 12.3 Å². The van der Waals surface area contributed by atoms with Gasteiger partial charge in [-0.3, -0.25) is 0 Å². The second-order valence-electron chi connectivity index (χ2n) is 1.55. The van der Waals surface area contributed by atoms with Gasteiger partial charge in [0.25, 0.3) is 0 Å². The second kappa shape index (κ2) is 2.03. The van der Waals surface area contributed by atoms with Crippen LogP contribution in [0.5, 0.6) is 0 Å². The third-order valence-corrected chi connectivity index (χ3v) is 0.771. The predicted octanol–water partition coefficient (Wildman–Crippen LogP) is 1.69. The van der Waals surface area contributed by atoms with E-state index in [1.54, 1.807) is 0 Å². The molecule has 0 spiro atoms. The largest absolute Gasteiger partial charge is 0.464 e. The Morgan fingerprint density at radius 3 is 2.20 bits per heavy atom. The maximum absolute atomic E-state index is 11.7. The van der Waals surface area contributed by atoms with E-state index >= 15 is 0 Å². The molecule has 1 unspecified atom stereocenters. The van der Waals surface area contributed by atoms with Crippen LogP contribution in [-0.2, 0) is 9.47 Å². The molecular weight excluding hydrogens is 156 g/mol. The summed E-state index contributed by atoms with van der Waals surface area (Å²) in [4.78, 5) is 0. The fourth-order valence-electron chi connectivity index (χ4n) is 0.417. The molecular formula is C4H2F4O2. The van der Waals surface area contributed by atoms with Crippen LogP contribution in [0.3, 0.4) is 0 Å². The molecule has 10 heavy (non-hydrogen) atoms. The smallest absolute Gasteiger partial charge is 0.448 e. The van der Waals surface area contributed by atoms with Gasteiger partial charge >= 0.3 is 18.5 Å². The Labute approximate surface area is 53.0 Å². The molecule has 1 aliphatic heterocycles. The Morgan fingerprint density at radius 2 is 2.00 bits per heavy atom. The van der Waals surface area contributed by atoms with Gasteiger partial charge in [0, 0.05) is 0 Å². The minimum absolute atomic E-state index is 0.276. The van der Waals surface area contributed by atoms with E-state index in [1.165, 1.54) is 0 Å². The zero-order valence-electron chi connectivity index (χ0n) is 4.48. The summed E-state index contributed by atoms with van der Waals surface area (Å²) in [6.45, 7) is 0. The lowest BCUT2D eigenvalue weighted by molar-refractivity contribution is -0.271. The fraction of sp³-hybridized carbons (Fsp3) is 0.500. The van der Waals surface area contributed by atoms with E-state index in [4.69, 9.17) is 0 Å². The van der Waals surface area contributed by atoms with E-state index in [9.17, 15) is 17.6 Å². The van der Waals surface area contributed by atoms with Crippen molar-refractivity contribution >= 4 is 0 Å². The summed E-state index contributed by atoms with van der Waals surface area (Å²) in [5.74, 6) is 0. The van der Waals surface area contributed by atoms with Gasteiger partial charge < -0.3 is 9.47 Å². The highest BCUT2D eigenvalue weighted by Crippen LogP contribution is 2.29. The van der Waals surface area contributed by atoms with E-state index in [-0.39, 0.29) is 6.26 Å². The minimum atomic E-state index is -4.68. The summed E-state index contributed by atoms with van der Waals surface area (Å²) in [7, 11) is 0. The molecule has 1 aliphatic rings. The van der Waals surface area contributed by atoms with Gasteiger partial charge in [-0.2, -0.15) is 17.6 Å². The average Bonchev–Trinajstić information content (AvgIpc) is 2.11. The van der Waals surface area contributed by atoms with Crippen molar-refractivity contribution in [2.75, 3.05) is 0 Å². The van der Waals surface area contributed by atoms with Crippen LogP contribution in [0.4, 0.5) is 17.6 Å². The molecule has 0 amide bonds. The molecule has 0 bridgehead atoms. The van der Waals surface area contributed by atoms with E-state index in [2.05, 4.69) is 9.47 Å². The van der Waals surface area contributed by atoms with Gasteiger partial charge in [0.05, 0.1) is 0 Å². The zero-order valence-corrected chi connectivity index (χ0v) is 4.48. The highest BCUT2D eigenvalue weighted by molar-refractivity contribution is 4.82. The third kappa shape index (κ3) is 1.31. The van der Waals surface area contributed by atoms with Crippen molar-refractivity contribution in [3.8, 4) is 0 Å². The lowest BCUT2D eigenvalue weighted by Gasteiger charge is -2.12. The van der Waals surface area contributed by atoms with Gasteiger partial charge in [-0.1, -0.05) is 0 Å². The zero-order chi connectivity index (χ0) is 7.78. The molecule has 0 fully saturated rings. The monoisotopic (exact) mass is 158 g/mol. The van der Waals surface area contributed by atoms with Crippen molar-refractivity contribution < 1.29 is 27.0 Å². The molecule has 0 saturated heterocycles. The molecule has 0 saturated carbocycles. The van der Waals surface area contributed by atoms with Crippen LogP contribution in [0, 0.1) is 0 Å². The summed E-state index contributed by atoms with van der Waals surface area (Å²) < 4.78 is 53.5. The van der Waals surface area contributed by atoms with Crippen LogP contribution in [0.2, 0.25) is 0 Å². The normalized spacial score (nSPS) is 25.2. The minimum Gasteiger partial charge on any atom is -0.448 e. The highest BCUT2D eigenvalue weighted by Gasteiger charge is 2.46. The first-order valence-electron chi connectivity index (χ1n) is 2.24. The Hall–Kier alpha value is -0.940. The lowest BCUT2D eigenvalue weighted by atomic mass is 10.6. The van der Waals surface area contributed by atoms with Crippen LogP contribution < -0.4 is 0 Å². The van der Waals surface area contributed by atoms with Gasteiger partial charge in [0.15, 0.2) is 6.26 Å². The quantitative estimate of drug-likeness (QED) is 0.499. The lowest BCUT2D eigenvalue weighted by Crippen LogP contribution is -2.29. The number of alkyl halides is 3. The first kappa shape index (κ1) is 7.17. The molecule has 0 aromatic carbocycles. The SMILES string of the molecule is FC1=COC(C(F)(F)F)O1. The Morgan fingerprint density at radius 1 is 1.40 bits per heavy atom. The number of hydrogen-bond donors (Lipinski definition) is 0. The molecule has 2 nitrogen and oxygen atoms in total. The first-order chi connectivity index (χ1) is 4.50. The van der Waals surface area contributed by atoms with Crippen LogP contribution in [0.1, 0.15) is 0 Å². The Balaban J connectivity index is 2.50. The van der Waals surface area contributed by atoms with E-state index in [0.29, 0.717) is 0 Å². The molecule has 0 N–H and O–H groups in total. The predicted molar refractivity (Wildman–Crippen MR) is 21.2 cm³/mol. The van der Waals surface area contributed by atoms with Crippen molar-refractivity contribution in [2.24, 2.45) is 0 Å². The second-order valence-corrected chi connectivity index (χ2v) is 1.55. The molecule has 0 aliphatic carbocycles. The van der Waals surface area contributed by atoms with Crippen LogP contribution in [0.25, 0.3) is 0 Å². The van der Waals surface area contributed by atoms with Crippen molar-refractivity contribution in [1.82, 2.24) is 0 Å². The molecule has 6 heteroatoms. The van der Waals surface area contributed by atoms with Gasteiger partial charge in [-0.05, 0) is 0 Å². The third-order valence-electron chi connectivity index (χ3n) is 0.771. The highest BCUT2D eigenvalue weighted by atomic mass is 19.4. The van der Waals surface area contributed by atoms with Gasteiger partial charge in [0.1, 0.15) is 0 Å². The Kier molecular flexibility index (Phi) is 1.46. The van der Waals surface area contributed by atoms with Crippen molar-refractivity contribution in [1.29, 1.82) is 0 Å². The van der Waals surface area contributed by atoms with Crippen molar-refractivity contribution in [2.45, 2.75) is 12.5 Å². The van der Waals surface area contributed by atoms with Crippen molar-refractivity contribution in [3.05, 3.63) is 12.3 Å². The summed E-state index contributed by atoms with van der Waals surface area (Å²) in [5, 5.41) is 0. The van der Waals surface area contributed by atoms with Gasteiger partial charge in [-0.15, -0.1) is 0 Å². The standard InChI is InChI=1S/C4H2F4O2/c5-2-1-9-3(10-2)4(6,7)8/h1,3H. The number of ether oxygens (including phenoxy) is 2. The van der Waals surface area contributed by atoms with Gasteiger partial charge in [0.2, 0.25) is 0 Å². The maximum atomic E-state index is 11.7. The summed E-state index contributed by atoms with van der Waals surface area (Å²) in [5.41, 5.74) is 0. The van der Waals surface area contributed by atoms with E-state index in [1.807, 2.05) is 0 Å². The molecule has 0 aromatic heterocycles. The van der Waals surface area contributed by atoms with Crippen LogP contribution >= 0.6 is 0 Å². The van der Waals surface area contributed by atoms with Gasteiger partial charge in [-0.25, -0.2) is 0 Å². The molecule has 0 radical (unpaired) electrons. The first-order valence-corrected chi connectivity index (χ1v) is 2.24. The topological polar surface area (TPSA) is 18.5 Å². The maximum Gasteiger partial charge on any atom is 0.464 e. The average molecular weight is 158 g/mol. The molecule has 0 aromatic rings. The summed E-state index contributed by atoms with van der Waals surface area (Å²) >= 11 is 0. The summed E-state index contributed by atoms with van der Waals surface area (Å²) in [6.07, 6.45) is -6.88.